The predicted octanol–water partition coefficient (Wildman–Crippen LogP) is -0.846. The van der Waals surface area contributed by atoms with Gasteiger partial charge in [-0.2, -0.15) is 0 Å². The Morgan fingerprint density at radius 2 is 2.07 bits per heavy atom. The van der Waals surface area contributed by atoms with Crippen LogP contribution in [0.3, 0.4) is 0 Å². The molecule has 0 spiro atoms. The summed E-state index contributed by atoms with van der Waals surface area (Å²) in [6.45, 7) is 0.768. The van der Waals surface area contributed by atoms with Gasteiger partial charge >= 0.3 is 11.7 Å². The number of aryl methyl sites for hydroxylation is 1. The molecule has 29 heavy (non-hydrogen) atoms. The van der Waals surface area contributed by atoms with Gasteiger partial charge in [-0.05, 0) is 19.1 Å². The Hall–Kier alpha value is -3.35. The van der Waals surface area contributed by atoms with Gasteiger partial charge in [-0.1, -0.05) is 0 Å². The van der Waals surface area contributed by atoms with Gasteiger partial charge in [0.15, 0.2) is 0 Å². The van der Waals surface area contributed by atoms with Crippen molar-refractivity contribution in [2.45, 2.75) is 31.3 Å². The van der Waals surface area contributed by atoms with Gasteiger partial charge in [-0.25, -0.2) is 9.59 Å². The number of nitro groups is 1. The van der Waals surface area contributed by atoms with Crippen molar-refractivity contribution < 1.29 is 29.4 Å². The Bertz CT molecular complexity index is 1060. The second-order valence-corrected chi connectivity index (χ2v) is 6.48. The zero-order chi connectivity index (χ0) is 21.3. The first-order valence-corrected chi connectivity index (χ1v) is 8.44. The number of H-pyrrole nitrogens is 1. The lowest BCUT2D eigenvalue weighted by Crippen LogP contribution is -2.51. The average molecular weight is 407 g/mol. The van der Waals surface area contributed by atoms with E-state index in [1.165, 1.54) is 19.1 Å². The van der Waals surface area contributed by atoms with Crippen LogP contribution in [0.2, 0.25) is 0 Å². The topological polar surface area (TPSA) is 174 Å². The molecular formula is C17H17N3O9. The predicted molar refractivity (Wildman–Crippen MR) is 95.3 cm³/mol. The van der Waals surface area contributed by atoms with Gasteiger partial charge in [0.1, 0.15) is 11.9 Å². The molecule has 1 saturated heterocycles. The minimum atomic E-state index is -2.17. The van der Waals surface area contributed by atoms with E-state index in [2.05, 4.69) is 0 Å². The summed E-state index contributed by atoms with van der Waals surface area (Å²) in [7, 11) is 0. The van der Waals surface area contributed by atoms with E-state index in [0.29, 0.717) is 0 Å². The zero-order valence-electron chi connectivity index (χ0n) is 15.1. The molecule has 2 aromatic rings. The number of aliphatic hydroxyl groups excluding tert-OH is 2. The number of esters is 1. The maximum Gasteiger partial charge on any atom is 0.365 e. The molecule has 3 rings (SSSR count). The Balaban J connectivity index is 2.03. The molecule has 3 N–H and O–H groups in total. The van der Waals surface area contributed by atoms with E-state index in [1.807, 2.05) is 4.98 Å². The van der Waals surface area contributed by atoms with E-state index >= 15 is 0 Å². The van der Waals surface area contributed by atoms with Crippen molar-refractivity contribution in [1.29, 1.82) is 0 Å². The number of carbonyl (C=O) groups is 1. The monoisotopic (exact) mass is 407 g/mol. The van der Waals surface area contributed by atoms with Gasteiger partial charge in [-0.3, -0.25) is 24.5 Å². The van der Waals surface area contributed by atoms with Gasteiger partial charge in [0, 0.05) is 30.3 Å². The SMILES string of the molecule is Cc1cn([C@@]2(C(=O)Oc3ccc([N+](=O)[O-])cc3)C[C@H](O)[C@@H](CO)O2)c(=O)[nH]c1=O. The van der Waals surface area contributed by atoms with Crippen LogP contribution in [0.4, 0.5) is 5.69 Å². The maximum absolute atomic E-state index is 13.0. The summed E-state index contributed by atoms with van der Waals surface area (Å²) < 4.78 is 11.5. The van der Waals surface area contributed by atoms with E-state index < -0.39 is 53.1 Å². The molecule has 0 saturated carbocycles. The van der Waals surface area contributed by atoms with Crippen molar-refractivity contribution in [2.24, 2.45) is 0 Å². The quantitative estimate of drug-likeness (QED) is 0.247. The lowest BCUT2D eigenvalue weighted by atomic mass is 10.1. The molecule has 12 heteroatoms. The second kappa shape index (κ2) is 7.58. The molecule has 1 aliphatic rings. The summed E-state index contributed by atoms with van der Waals surface area (Å²) in [5.41, 5.74) is -3.94. The number of hydrogen-bond acceptors (Lipinski definition) is 9. The molecule has 0 unspecified atom stereocenters. The van der Waals surface area contributed by atoms with Crippen molar-refractivity contribution in [2.75, 3.05) is 6.61 Å². The normalized spacial score (nSPS) is 23.7. The number of carbonyl (C=O) groups excluding carboxylic acids is 1. The van der Waals surface area contributed by atoms with Crippen LogP contribution in [-0.2, 0) is 15.3 Å². The molecule has 0 amide bonds. The van der Waals surface area contributed by atoms with Gasteiger partial charge < -0.3 is 19.7 Å². The third-order valence-electron chi connectivity index (χ3n) is 4.53. The third-order valence-corrected chi connectivity index (χ3v) is 4.53. The van der Waals surface area contributed by atoms with Crippen molar-refractivity contribution in [3.63, 3.8) is 0 Å². The lowest BCUT2D eigenvalue weighted by molar-refractivity contribution is -0.384. The van der Waals surface area contributed by atoms with Crippen LogP contribution in [0.15, 0.2) is 40.1 Å². The Labute approximate surface area is 162 Å². The summed E-state index contributed by atoms with van der Waals surface area (Å²) >= 11 is 0. The Morgan fingerprint density at radius 1 is 1.41 bits per heavy atom. The molecular weight excluding hydrogens is 390 g/mol. The van der Waals surface area contributed by atoms with Crippen molar-refractivity contribution in [3.8, 4) is 5.75 Å². The van der Waals surface area contributed by atoms with Gasteiger partial charge in [0.2, 0.25) is 0 Å². The number of non-ortho nitro benzene ring substituents is 1. The standard InChI is InChI=1S/C17H17N3O9/c1-9-7-19(16(25)18-14(9)23)17(6-12(22)13(8-21)29-17)15(24)28-11-4-2-10(3-5-11)20(26)27/h2-5,7,12-13,21-22H,6,8H2,1H3,(H,18,23,25)/t12-,13+,17-/m0/s1. The highest BCUT2D eigenvalue weighted by Gasteiger charge is 2.55. The highest BCUT2D eigenvalue weighted by Crippen LogP contribution is 2.36. The largest absolute Gasteiger partial charge is 0.423 e. The first kappa shape index (κ1) is 20.4. The number of ether oxygens (including phenoxy) is 2. The molecule has 3 atom stereocenters. The maximum atomic E-state index is 13.0. The number of benzene rings is 1. The summed E-state index contributed by atoms with van der Waals surface area (Å²) in [6, 6.07) is 4.60. The van der Waals surface area contributed by atoms with E-state index in [-0.39, 0.29) is 17.0 Å². The first-order valence-electron chi connectivity index (χ1n) is 8.44. The van der Waals surface area contributed by atoms with E-state index in [9.17, 15) is 34.7 Å². The molecule has 154 valence electrons. The molecule has 0 aliphatic carbocycles. The summed E-state index contributed by atoms with van der Waals surface area (Å²) in [5.74, 6) is -1.19. The van der Waals surface area contributed by atoms with E-state index in [0.717, 1.165) is 22.9 Å². The summed E-state index contributed by atoms with van der Waals surface area (Å²) in [6.07, 6.45) is -1.83. The number of nitro benzene ring substituents is 1. The van der Waals surface area contributed by atoms with Crippen LogP contribution in [0, 0.1) is 17.0 Å². The van der Waals surface area contributed by atoms with Crippen molar-refractivity contribution in [3.05, 3.63) is 67.0 Å². The smallest absolute Gasteiger partial charge is 0.365 e. The summed E-state index contributed by atoms with van der Waals surface area (Å²) in [4.78, 5) is 49.2. The lowest BCUT2D eigenvalue weighted by Gasteiger charge is -2.28. The molecule has 12 nitrogen and oxygen atoms in total. The number of nitrogens with zero attached hydrogens (tertiary/aromatic N) is 2. The van der Waals surface area contributed by atoms with E-state index in [4.69, 9.17) is 9.47 Å². The number of aromatic amines is 1. The van der Waals surface area contributed by atoms with Gasteiger partial charge in [0.25, 0.3) is 17.0 Å². The fraction of sp³-hybridized carbons (Fsp3) is 0.353. The molecule has 1 aromatic heterocycles. The summed E-state index contributed by atoms with van der Waals surface area (Å²) in [5, 5.41) is 30.3. The Kier molecular flexibility index (Phi) is 5.33. The highest BCUT2D eigenvalue weighted by molar-refractivity contribution is 5.80. The van der Waals surface area contributed by atoms with Crippen LogP contribution >= 0.6 is 0 Å². The fourth-order valence-corrected chi connectivity index (χ4v) is 2.99. The number of rotatable bonds is 5. The molecule has 1 fully saturated rings. The zero-order valence-corrected chi connectivity index (χ0v) is 15.1. The van der Waals surface area contributed by atoms with Crippen LogP contribution in [0.1, 0.15) is 12.0 Å². The Morgan fingerprint density at radius 3 is 2.62 bits per heavy atom. The number of hydrogen-bond donors (Lipinski definition) is 3. The van der Waals surface area contributed by atoms with Crippen molar-refractivity contribution >= 4 is 11.7 Å². The first-order chi connectivity index (χ1) is 13.7. The van der Waals surface area contributed by atoms with Crippen LogP contribution < -0.4 is 16.0 Å². The van der Waals surface area contributed by atoms with Crippen LogP contribution in [0.5, 0.6) is 5.75 Å². The minimum Gasteiger partial charge on any atom is -0.423 e. The fourth-order valence-electron chi connectivity index (χ4n) is 2.99. The molecule has 0 radical (unpaired) electrons. The molecule has 1 aliphatic heterocycles. The number of aromatic nitrogens is 2. The van der Waals surface area contributed by atoms with Gasteiger partial charge in [-0.15, -0.1) is 0 Å². The number of aliphatic hydroxyl groups is 2. The molecule has 2 heterocycles. The van der Waals surface area contributed by atoms with Gasteiger partial charge in [0.05, 0.1) is 17.6 Å². The highest BCUT2D eigenvalue weighted by atomic mass is 16.6. The third kappa shape index (κ3) is 3.68. The number of nitrogens with one attached hydrogen (secondary N) is 1. The molecule has 0 bridgehead atoms. The van der Waals surface area contributed by atoms with Crippen molar-refractivity contribution in [1.82, 2.24) is 9.55 Å². The van der Waals surface area contributed by atoms with Crippen LogP contribution in [-0.4, -0.2) is 49.5 Å². The van der Waals surface area contributed by atoms with Crippen LogP contribution in [0.25, 0.3) is 0 Å². The molecule has 1 aromatic carbocycles. The average Bonchev–Trinajstić information content (AvgIpc) is 3.02. The minimum absolute atomic E-state index is 0.0697. The second-order valence-electron chi connectivity index (χ2n) is 6.48. The van der Waals surface area contributed by atoms with E-state index in [1.54, 1.807) is 0 Å².